The monoisotopic (exact) mass is 257 g/mol. The molecule has 0 bridgehead atoms. The predicted octanol–water partition coefficient (Wildman–Crippen LogP) is 3.15. The van der Waals surface area contributed by atoms with Gasteiger partial charge in [0.2, 0.25) is 5.89 Å². The summed E-state index contributed by atoms with van der Waals surface area (Å²) in [4.78, 5) is 15.9. The van der Waals surface area contributed by atoms with E-state index in [0.29, 0.717) is 10.9 Å². The summed E-state index contributed by atoms with van der Waals surface area (Å²) >= 11 is 11.7. The summed E-state index contributed by atoms with van der Waals surface area (Å²) in [5, 5.41) is 0.462. The molecule has 0 saturated carbocycles. The number of aromatic nitrogens is 1. The van der Waals surface area contributed by atoms with E-state index in [0.717, 1.165) is 5.56 Å². The normalized spacial score (nSPS) is 12.0. The van der Waals surface area contributed by atoms with Gasteiger partial charge in [-0.15, -0.1) is 0 Å². The molecular weight excluding hydrogens is 249 g/mol. The predicted molar refractivity (Wildman–Crippen MR) is 64.1 cm³/mol. The van der Waals surface area contributed by atoms with E-state index >= 15 is 0 Å². The molecule has 0 saturated heterocycles. The zero-order chi connectivity index (χ0) is 11.9. The second kappa shape index (κ2) is 3.75. The molecule has 0 atom stereocenters. The smallest absolute Gasteiger partial charge is 0.347 e. The fraction of sp³-hybridized carbons (Fsp3) is 0.273. The van der Waals surface area contributed by atoms with Crippen molar-refractivity contribution in [2.45, 2.75) is 18.2 Å². The van der Waals surface area contributed by atoms with Crippen molar-refractivity contribution in [3.63, 3.8) is 0 Å². The molecule has 0 spiro atoms. The highest BCUT2D eigenvalue weighted by Crippen LogP contribution is 2.31. The van der Waals surface area contributed by atoms with Gasteiger partial charge in [0.25, 0.3) is 0 Å². The van der Waals surface area contributed by atoms with E-state index in [2.05, 4.69) is 4.98 Å². The van der Waals surface area contributed by atoms with Gasteiger partial charge in [0.05, 0.1) is 10.9 Å². The zero-order valence-corrected chi connectivity index (χ0v) is 10.3. The van der Waals surface area contributed by atoms with Crippen LogP contribution in [0.3, 0.4) is 0 Å². The Balaban J connectivity index is 2.85. The lowest BCUT2D eigenvalue weighted by Crippen LogP contribution is -2.13. The summed E-state index contributed by atoms with van der Waals surface area (Å²) < 4.78 is 3.70. The van der Waals surface area contributed by atoms with Gasteiger partial charge in [-0.2, -0.15) is 0 Å². The van der Waals surface area contributed by atoms with Gasteiger partial charge in [0.1, 0.15) is 0 Å². The number of alkyl halides is 2. The van der Waals surface area contributed by atoms with Gasteiger partial charge < -0.3 is 4.42 Å². The molecule has 2 aromatic rings. The Labute approximate surface area is 102 Å². The molecule has 2 rings (SSSR count). The highest BCUT2D eigenvalue weighted by molar-refractivity contribution is 6.47. The molecule has 1 aromatic carbocycles. The third-order valence-corrected chi connectivity index (χ3v) is 2.57. The minimum Gasteiger partial charge on any atom is -0.404 e. The molecule has 0 amide bonds. The minimum absolute atomic E-state index is 0.0129. The van der Waals surface area contributed by atoms with Crippen LogP contribution in [-0.4, -0.2) is 4.98 Å². The first kappa shape index (κ1) is 11.4. The molecule has 0 aliphatic heterocycles. The van der Waals surface area contributed by atoms with E-state index in [1.54, 1.807) is 6.07 Å². The minimum atomic E-state index is -1.31. The Bertz CT molecular complexity index is 599. The molecule has 5 heteroatoms. The summed E-state index contributed by atoms with van der Waals surface area (Å²) in [6.07, 6.45) is 0. The van der Waals surface area contributed by atoms with Crippen LogP contribution in [0.15, 0.2) is 27.4 Å². The first-order chi connectivity index (χ1) is 7.39. The van der Waals surface area contributed by atoms with E-state index in [1.165, 1.54) is 6.92 Å². The largest absolute Gasteiger partial charge is 0.404 e. The van der Waals surface area contributed by atoms with Crippen molar-refractivity contribution < 1.29 is 4.42 Å². The molecule has 0 N–H and O–H groups in total. The van der Waals surface area contributed by atoms with Crippen LogP contribution in [0.25, 0.3) is 10.9 Å². The third-order valence-electron chi connectivity index (χ3n) is 2.24. The number of benzene rings is 1. The van der Waals surface area contributed by atoms with Gasteiger partial charge in [-0.3, -0.25) is 0 Å². The van der Waals surface area contributed by atoms with Crippen LogP contribution in [0.5, 0.6) is 0 Å². The van der Waals surface area contributed by atoms with Crippen LogP contribution in [0.1, 0.15) is 18.4 Å². The number of nitrogens with zero attached hydrogens (tertiary/aromatic N) is 1. The van der Waals surface area contributed by atoms with Gasteiger partial charge >= 0.3 is 5.63 Å². The molecule has 1 heterocycles. The Hall–Kier alpha value is -1.06. The maximum absolute atomic E-state index is 11.7. The highest BCUT2D eigenvalue weighted by Gasteiger charge is 2.26. The Morgan fingerprint density at radius 2 is 2.06 bits per heavy atom. The van der Waals surface area contributed by atoms with Crippen LogP contribution in [0.2, 0.25) is 0 Å². The molecular formula is C11H9Cl2NO2. The number of hydrogen-bond donors (Lipinski definition) is 0. The average molecular weight is 258 g/mol. The Kier molecular flexibility index (Phi) is 2.68. The standard InChI is InChI=1S/C11H9Cl2NO2/c1-6-4-3-5-7-8(6)9(15)16-10(14-7)11(2,12)13/h3-5H,1-2H3. The lowest BCUT2D eigenvalue weighted by molar-refractivity contribution is 0.433. The fourth-order valence-electron chi connectivity index (χ4n) is 1.47. The van der Waals surface area contributed by atoms with Gasteiger partial charge in [0, 0.05) is 0 Å². The average Bonchev–Trinajstić information content (AvgIpc) is 2.15. The van der Waals surface area contributed by atoms with Crippen molar-refractivity contribution in [2.24, 2.45) is 0 Å². The molecule has 84 valence electrons. The summed E-state index contributed by atoms with van der Waals surface area (Å²) in [6.45, 7) is 3.32. The second-order valence-electron chi connectivity index (χ2n) is 3.66. The van der Waals surface area contributed by atoms with Crippen molar-refractivity contribution >= 4 is 34.1 Å². The molecule has 16 heavy (non-hydrogen) atoms. The first-order valence-corrected chi connectivity index (χ1v) is 5.44. The van der Waals surface area contributed by atoms with Gasteiger partial charge in [-0.25, -0.2) is 9.78 Å². The number of rotatable bonds is 1. The number of hydrogen-bond acceptors (Lipinski definition) is 3. The summed E-state index contributed by atoms with van der Waals surface area (Å²) in [7, 11) is 0. The second-order valence-corrected chi connectivity index (χ2v) is 5.37. The topological polar surface area (TPSA) is 43.1 Å². The summed E-state index contributed by atoms with van der Waals surface area (Å²) in [6, 6.07) is 5.36. The quantitative estimate of drug-likeness (QED) is 0.738. The molecule has 0 fully saturated rings. The van der Waals surface area contributed by atoms with E-state index in [4.69, 9.17) is 27.6 Å². The maximum Gasteiger partial charge on any atom is 0.347 e. The fourth-order valence-corrected chi connectivity index (χ4v) is 1.63. The molecule has 0 unspecified atom stereocenters. The van der Waals surface area contributed by atoms with Crippen LogP contribution in [0.4, 0.5) is 0 Å². The van der Waals surface area contributed by atoms with Gasteiger partial charge in [-0.05, 0) is 25.5 Å². The lowest BCUT2D eigenvalue weighted by Gasteiger charge is -2.10. The number of aryl methyl sites for hydroxylation is 1. The van der Waals surface area contributed by atoms with Gasteiger partial charge in [0.15, 0.2) is 4.33 Å². The van der Waals surface area contributed by atoms with E-state index in [9.17, 15) is 4.79 Å². The van der Waals surface area contributed by atoms with E-state index in [1.807, 2.05) is 19.1 Å². The Morgan fingerprint density at radius 3 is 2.69 bits per heavy atom. The van der Waals surface area contributed by atoms with E-state index < -0.39 is 9.96 Å². The molecule has 3 nitrogen and oxygen atoms in total. The molecule has 1 aromatic heterocycles. The third kappa shape index (κ3) is 1.93. The summed E-state index contributed by atoms with van der Waals surface area (Å²) in [5.74, 6) is 0.0129. The van der Waals surface area contributed by atoms with Crippen LogP contribution < -0.4 is 5.63 Å². The molecule has 0 aliphatic rings. The highest BCUT2D eigenvalue weighted by atomic mass is 35.5. The van der Waals surface area contributed by atoms with Crippen LogP contribution in [-0.2, 0) is 4.33 Å². The van der Waals surface area contributed by atoms with Crippen molar-refractivity contribution in [1.82, 2.24) is 4.98 Å². The van der Waals surface area contributed by atoms with Crippen molar-refractivity contribution in [1.29, 1.82) is 0 Å². The maximum atomic E-state index is 11.7. The summed E-state index contributed by atoms with van der Waals surface area (Å²) in [5.41, 5.74) is 0.889. The van der Waals surface area contributed by atoms with Crippen molar-refractivity contribution in [3.8, 4) is 0 Å². The van der Waals surface area contributed by atoms with Crippen LogP contribution >= 0.6 is 23.2 Å². The SMILES string of the molecule is Cc1cccc2nc(C(C)(Cl)Cl)oc(=O)c12. The van der Waals surface area contributed by atoms with Crippen LogP contribution in [0, 0.1) is 6.92 Å². The lowest BCUT2D eigenvalue weighted by atomic mass is 10.1. The van der Waals surface area contributed by atoms with Gasteiger partial charge in [-0.1, -0.05) is 35.3 Å². The number of fused-ring (bicyclic) bond motifs is 1. The van der Waals surface area contributed by atoms with Crippen molar-refractivity contribution in [2.75, 3.05) is 0 Å². The first-order valence-electron chi connectivity index (χ1n) is 4.68. The zero-order valence-electron chi connectivity index (χ0n) is 8.75. The number of halogens is 2. The van der Waals surface area contributed by atoms with Crippen molar-refractivity contribution in [3.05, 3.63) is 40.1 Å². The molecule has 0 aliphatic carbocycles. The van der Waals surface area contributed by atoms with E-state index in [-0.39, 0.29) is 5.89 Å². The Morgan fingerprint density at radius 1 is 1.38 bits per heavy atom. The molecule has 0 radical (unpaired) electrons.